The number of benzene rings is 1. The first-order valence-corrected chi connectivity index (χ1v) is 11.0. The molecule has 1 aliphatic rings. The van der Waals surface area contributed by atoms with Crippen LogP contribution in [0.25, 0.3) is 0 Å². The van der Waals surface area contributed by atoms with Crippen LogP contribution in [0.1, 0.15) is 62.0 Å². The van der Waals surface area contributed by atoms with E-state index in [0.717, 1.165) is 24.8 Å². The van der Waals surface area contributed by atoms with Crippen LogP contribution < -0.4 is 0 Å². The molecule has 0 bridgehead atoms. The summed E-state index contributed by atoms with van der Waals surface area (Å²) < 4.78 is 43.6. The third-order valence-electron chi connectivity index (χ3n) is 5.32. The number of nitrogens with zero attached hydrogens (tertiary/aromatic N) is 3. The van der Waals surface area contributed by atoms with Gasteiger partial charge in [-0.3, -0.25) is 4.68 Å². The molecule has 27 heavy (non-hydrogen) atoms. The van der Waals surface area contributed by atoms with E-state index < -0.39 is 10.0 Å². The fourth-order valence-electron chi connectivity index (χ4n) is 3.99. The van der Waals surface area contributed by atoms with Crippen LogP contribution >= 0.6 is 0 Å². The van der Waals surface area contributed by atoms with Crippen molar-refractivity contribution in [3.63, 3.8) is 0 Å². The maximum Gasteiger partial charge on any atom is 0.246 e. The Labute approximate surface area is 161 Å². The van der Waals surface area contributed by atoms with Crippen LogP contribution in [0.15, 0.2) is 29.2 Å². The standard InChI is InChI=1S/C20H28FN3O2S/c1-14(2)24-16(4)20(15(3)22-24)27(25,26)23-12-6-5-7-18(13-23)17-8-10-19(21)11-9-17/h8-11,14,18H,5-7,12-13H2,1-4H3/t18-/m1/s1. The molecule has 2 aromatic rings. The molecule has 0 unspecified atom stereocenters. The summed E-state index contributed by atoms with van der Waals surface area (Å²) in [6.45, 7) is 8.49. The highest BCUT2D eigenvalue weighted by molar-refractivity contribution is 7.89. The number of hydrogen-bond acceptors (Lipinski definition) is 3. The van der Waals surface area contributed by atoms with Crippen LogP contribution in [0.5, 0.6) is 0 Å². The van der Waals surface area contributed by atoms with E-state index in [1.807, 2.05) is 20.8 Å². The first-order chi connectivity index (χ1) is 12.7. The van der Waals surface area contributed by atoms with Crippen molar-refractivity contribution in [1.29, 1.82) is 0 Å². The van der Waals surface area contributed by atoms with E-state index in [-0.39, 0.29) is 17.8 Å². The summed E-state index contributed by atoms with van der Waals surface area (Å²) in [7, 11) is -3.63. The lowest BCUT2D eigenvalue weighted by molar-refractivity contribution is 0.405. The van der Waals surface area contributed by atoms with E-state index in [9.17, 15) is 12.8 Å². The van der Waals surface area contributed by atoms with Crippen molar-refractivity contribution < 1.29 is 12.8 Å². The summed E-state index contributed by atoms with van der Waals surface area (Å²) in [6.07, 6.45) is 2.69. The predicted molar refractivity (Wildman–Crippen MR) is 104 cm³/mol. The summed E-state index contributed by atoms with van der Waals surface area (Å²) in [4.78, 5) is 0.330. The Balaban J connectivity index is 1.95. The van der Waals surface area contributed by atoms with E-state index in [0.29, 0.717) is 29.4 Å². The first-order valence-electron chi connectivity index (χ1n) is 9.53. The number of hydrogen-bond donors (Lipinski definition) is 0. The summed E-state index contributed by atoms with van der Waals surface area (Å²) >= 11 is 0. The maximum atomic E-state index is 13.5. The Morgan fingerprint density at radius 1 is 1.15 bits per heavy atom. The van der Waals surface area contributed by atoms with Crippen molar-refractivity contribution in [2.45, 2.75) is 63.8 Å². The van der Waals surface area contributed by atoms with E-state index in [2.05, 4.69) is 5.10 Å². The third kappa shape index (κ3) is 3.94. The van der Waals surface area contributed by atoms with Crippen molar-refractivity contribution in [1.82, 2.24) is 14.1 Å². The van der Waals surface area contributed by atoms with E-state index in [1.165, 1.54) is 12.1 Å². The van der Waals surface area contributed by atoms with Crippen LogP contribution in [0, 0.1) is 19.7 Å². The van der Waals surface area contributed by atoms with E-state index in [1.54, 1.807) is 28.0 Å². The Morgan fingerprint density at radius 3 is 2.41 bits per heavy atom. The molecule has 2 heterocycles. The molecule has 0 spiro atoms. The van der Waals surface area contributed by atoms with Crippen molar-refractivity contribution in [2.24, 2.45) is 0 Å². The predicted octanol–water partition coefficient (Wildman–Crippen LogP) is 4.18. The van der Waals surface area contributed by atoms with Crippen LogP contribution in [0.2, 0.25) is 0 Å². The zero-order chi connectivity index (χ0) is 19.8. The van der Waals surface area contributed by atoms with Gasteiger partial charge in [-0.25, -0.2) is 12.8 Å². The first kappa shape index (κ1) is 20.0. The van der Waals surface area contributed by atoms with Gasteiger partial charge in [0.25, 0.3) is 0 Å². The summed E-state index contributed by atoms with van der Waals surface area (Å²) in [6, 6.07) is 6.52. The molecular formula is C20H28FN3O2S. The number of rotatable bonds is 4. The third-order valence-corrected chi connectivity index (χ3v) is 7.44. The smallest absolute Gasteiger partial charge is 0.246 e. The van der Waals surface area contributed by atoms with E-state index >= 15 is 0 Å². The van der Waals surface area contributed by atoms with Gasteiger partial charge in [0.15, 0.2) is 0 Å². The van der Waals surface area contributed by atoms with Crippen LogP contribution in [0.3, 0.4) is 0 Å². The quantitative estimate of drug-likeness (QED) is 0.783. The lowest BCUT2D eigenvalue weighted by atomic mass is 9.95. The SMILES string of the molecule is Cc1nn(C(C)C)c(C)c1S(=O)(=O)N1CCCC[C@@H](c2ccc(F)cc2)C1. The van der Waals surface area contributed by atoms with Gasteiger partial charge in [-0.1, -0.05) is 18.6 Å². The lowest BCUT2D eigenvalue weighted by Gasteiger charge is -2.24. The minimum Gasteiger partial charge on any atom is -0.266 e. The molecule has 0 saturated carbocycles. The van der Waals surface area contributed by atoms with Crippen LogP contribution in [-0.4, -0.2) is 35.6 Å². The van der Waals surface area contributed by atoms with E-state index in [4.69, 9.17) is 0 Å². The molecule has 148 valence electrons. The second-order valence-electron chi connectivity index (χ2n) is 7.65. The van der Waals surface area contributed by atoms with Gasteiger partial charge in [0.05, 0.1) is 11.4 Å². The average Bonchev–Trinajstić information content (AvgIpc) is 2.78. The number of aryl methyl sites for hydroxylation is 1. The molecule has 0 amide bonds. The Bertz CT molecular complexity index is 904. The molecule has 1 fully saturated rings. The molecular weight excluding hydrogens is 365 g/mol. The van der Waals surface area contributed by atoms with Gasteiger partial charge in [-0.15, -0.1) is 0 Å². The highest BCUT2D eigenvalue weighted by Crippen LogP contribution is 2.32. The van der Waals surface area contributed by atoms with Crippen LogP contribution in [0.4, 0.5) is 4.39 Å². The van der Waals surface area contributed by atoms with Gasteiger partial charge in [0, 0.05) is 19.1 Å². The maximum absolute atomic E-state index is 13.5. The molecule has 1 saturated heterocycles. The fourth-order valence-corrected chi connectivity index (χ4v) is 5.87. The average molecular weight is 394 g/mol. The van der Waals surface area contributed by atoms with Gasteiger partial charge < -0.3 is 0 Å². The topological polar surface area (TPSA) is 55.2 Å². The Hall–Kier alpha value is -1.73. The number of sulfonamides is 1. The molecule has 0 aliphatic carbocycles. The minimum absolute atomic E-state index is 0.0728. The van der Waals surface area contributed by atoms with Crippen molar-refractivity contribution >= 4 is 10.0 Å². The number of aromatic nitrogens is 2. The molecule has 5 nitrogen and oxygen atoms in total. The summed E-state index contributed by atoms with van der Waals surface area (Å²) in [5.41, 5.74) is 2.22. The van der Waals surface area contributed by atoms with Crippen molar-refractivity contribution in [3.05, 3.63) is 47.0 Å². The molecule has 7 heteroatoms. The highest BCUT2D eigenvalue weighted by Gasteiger charge is 2.34. The van der Waals surface area contributed by atoms with Gasteiger partial charge in [-0.2, -0.15) is 9.40 Å². The minimum atomic E-state index is -3.63. The second-order valence-corrected chi connectivity index (χ2v) is 9.52. The monoisotopic (exact) mass is 393 g/mol. The van der Waals surface area contributed by atoms with Crippen molar-refractivity contribution in [3.8, 4) is 0 Å². The largest absolute Gasteiger partial charge is 0.266 e. The number of halogens is 1. The van der Waals surface area contributed by atoms with Gasteiger partial charge >= 0.3 is 0 Å². The highest BCUT2D eigenvalue weighted by atomic mass is 32.2. The van der Waals surface area contributed by atoms with Crippen molar-refractivity contribution in [2.75, 3.05) is 13.1 Å². The molecule has 1 atom stereocenters. The van der Waals surface area contributed by atoms with Crippen LogP contribution in [-0.2, 0) is 10.0 Å². The molecule has 0 radical (unpaired) electrons. The van der Waals surface area contributed by atoms with Gasteiger partial charge in [-0.05, 0) is 64.2 Å². The normalized spacial score (nSPS) is 19.4. The fraction of sp³-hybridized carbons (Fsp3) is 0.550. The molecule has 1 aromatic heterocycles. The molecule has 1 aliphatic heterocycles. The summed E-state index contributed by atoms with van der Waals surface area (Å²) in [5.74, 6) is -0.201. The zero-order valence-electron chi connectivity index (χ0n) is 16.4. The molecule has 0 N–H and O–H groups in total. The molecule has 1 aromatic carbocycles. The molecule has 3 rings (SSSR count). The van der Waals surface area contributed by atoms with Gasteiger partial charge in [0.2, 0.25) is 10.0 Å². The Kier molecular flexibility index (Phi) is 5.72. The van der Waals surface area contributed by atoms with Gasteiger partial charge in [0.1, 0.15) is 10.7 Å². The zero-order valence-corrected chi connectivity index (χ0v) is 17.3. The second kappa shape index (κ2) is 7.72. The Morgan fingerprint density at radius 2 is 1.81 bits per heavy atom. The lowest BCUT2D eigenvalue weighted by Crippen LogP contribution is -2.34. The summed E-state index contributed by atoms with van der Waals surface area (Å²) in [5, 5.41) is 4.45.